The van der Waals surface area contributed by atoms with Crippen molar-refractivity contribution < 1.29 is 24.0 Å². The maximum atomic E-state index is 14.6. The van der Waals surface area contributed by atoms with Crippen molar-refractivity contribution in [1.82, 2.24) is 4.90 Å². The summed E-state index contributed by atoms with van der Waals surface area (Å²) in [6.45, 7) is 0.741. The van der Waals surface area contributed by atoms with Gasteiger partial charge in [0.2, 0.25) is 12.7 Å². The summed E-state index contributed by atoms with van der Waals surface area (Å²) in [6, 6.07) is 19.0. The lowest BCUT2D eigenvalue weighted by Gasteiger charge is -2.36. The number of carbonyl (C=O) groups excluding carboxylic acids is 2. The number of fused-ring (bicyclic) bond motifs is 5. The summed E-state index contributed by atoms with van der Waals surface area (Å²) in [5, 5.41) is 14.7. The number of ether oxygens (including phenoxy) is 2. The Balaban J connectivity index is 1.46. The van der Waals surface area contributed by atoms with Crippen molar-refractivity contribution in [3.8, 4) is 11.5 Å². The fraction of sp³-hybridized carbons (Fsp3) is 0.286. The van der Waals surface area contributed by atoms with Gasteiger partial charge < -0.3 is 14.8 Å². The largest absolute Gasteiger partial charge is 0.454 e. The first kappa shape index (κ1) is 22.0. The first-order valence-corrected chi connectivity index (χ1v) is 12.4. The average Bonchev–Trinajstić information content (AvgIpc) is 3.67. The van der Waals surface area contributed by atoms with Gasteiger partial charge >= 0.3 is 0 Å². The number of ketones is 1. The number of nitro benzene ring substituents is 1. The van der Waals surface area contributed by atoms with Crippen LogP contribution < -0.4 is 14.8 Å². The lowest BCUT2D eigenvalue weighted by molar-refractivity contribution is -0.384. The molecule has 4 aliphatic heterocycles. The average molecular weight is 498 g/mol. The Labute approximate surface area is 212 Å². The zero-order valence-corrected chi connectivity index (χ0v) is 19.8. The molecule has 9 heteroatoms. The minimum absolute atomic E-state index is 0.0338. The van der Waals surface area contributed by atoms with Crippen molar-refractivity contribution in [2.24, 2.45) is 5.92 Å². The maximum Gasteiger partial charge on any atom is 0.269 e. The number of hydrogen-bond acceptors (Lipinski definition) is 7. The van der Waals surface area contributed by atoms with E-state index in [1.165, 1.54) is 6.07 Å². The predicted octanol–water partition coefficient (Wildman–Crippen LogP) is 4.23. The third kappa shape index (κ3) is 2.94. The lowest BCUT2D eigenvalue weighted by Crippen LogP contribution is -2.52. The van der Waals surface area contributed by atoms with E-state index in [0.29, 0.717) is 34.9 Å². The Morgan fingerprint density at radius 1 is 1.05 bits per heavy atom. The molecule has 3 aromatic carbocycles. The Morgan fingerprint density at radius 3 is 2.76 bits per heavy atom. The number of hydrogen-bond donors (Lipinski definition) is 1. The van der Waals surface area contributed by atoms with Crippen molar-refractivity contribution in [3.63, 3.8) is 0 Å². The van der Waals surface area contributed by atoms with Gasteiger partial charge in [-0.05, 0) is 49.2 Å². The van der Waals surface area contributed by atoms with Crippen LogP contribution in [0.1, 0.15) is 40.2 Å². The van der Waals surface area contributed by atoms with Crippen molar-refractivity contribution in [3.05, 3.63) is 93.5 Å². The van der Waals surface area contributed by atoms with Gasteiger partial charge in [0.25, 0.3) is 5.69 Å². The topological polar surface area (TPSA) is 111 Å². The van der Waals surface area contributed by atoms with E-state index in [-0.39, 0.29) is 30.2 Å². The number of amides is 1. The number of Topliss-reactive ketones (excluding diaryl/α,β-unsaturated/α-hetero) is 1. The molecule has 1 spiro atoms. The molecule has 9 nitrogen and oxygen atoms in total. The van der Waals surface area contributed by atoms with Crippen molar-refractivity contribution >= 4 is 23.1 Å². The molecule has 0 radical (unpaired) electrons. The third-order valence-corrected chi connectivity index (χ3v) is 8.31. The quantitative estimate of drug-likeness (QED) is 0.326. The van der Waals surface area contributed by atoms with Crippen LogP contribution in [0.3, 0.4) is 0 Å². The SMILES string of the molecule is O=C(c1ccc2c(c1)OCO2)[C@@H]1[C@H](c2cccc([N+](=O)[O-])c2)[C@@H]2CCCN2[C@]12C(=O)Nc1ccccc12. The Kier molecular flexibility index (Phi) is 4.68. The third-order valence-electron chi connectivity index (χ3n) is 8.31. The zero-order valence-electron chi connectivity index (χ0n) is 19.8. The highest BCUT2D eigenvalue weighted by Crippen LogP contribution is 2.61. The number of nitrogens with one attached hydrogen (secondary N) is 1. The van der Waals surface area contributed by atoms with E-state index in [0.717, 1.165) is 18.4 Å². The number of non-ortho nitro benzene ring substituents is 1. The van der Waals surface area contributed by atoms with E-state index < -0.39 is 22.3 Å². The van der Waals surface area contributed by atoms with Crippen LogP contribution in [0.2, 0.25) is 0 Å². The van der Waals surface area contributed by atoms with Gasteiger partial charge in [0, 0.05) is 40.9 Å². The van der Waals surface area contributed by atoms with Crippen LogP contribution in [-0.4, -0.2) is 40.9 Å². The molecule has 3 aromatic rings. The van der Waals surface area contributed by atoms with E-state index in [9.17, 15) is 19.7 Å². The van der Waals surface area contributed by atoms with Gasteiger partial charge in [0.05, 0.1) is 10.8 Å². The van der Waals surface area contributed by atoms with E-state index in [4.69, 9.17) is 9.47 Å². The smallest absolute Gasteiger partial charge is 0.269 e. The number of nitro groups is 1. The Bertz CT molecular complexity index is 1490. The normalized spacial score (nSPS) is 27.2. The minimum Gasteiger partial charge on any atom is -0.454 e. The van der Waals surface area contributed by atoms with E-state index in [1.807, 2.05) is 30.3 Å². The predicted molar refractivity (Wildman–Crippen MR) is 133 cm³/mol. The molecule has 2 fully saturated rings. The summed E-state index contributed by atoms with van der Waals surface area (Å²) in [7, 11) is 0. The second-order valence-electron chi connectivity index (χ2n) is 9.96. The molecule has 2 saturated heterocycles. The molecule has 186 valence electrons. The second-order valence-corrected chi connectivity index (χ2v) is 9.96. The van der Waals surface area contributed by atoms with Gasteiger partial charge in [-0.15, -0.1) is 0 Å². The van der Waals surface area contributed by atoms with Crippen molar-refractivity contribution in [2.45, 2.75) is 30.3 Å². The number of anilines is 1. The molecule has 4 aliphatic rings. The minimum atomic E-state index is -1.22. The van der Waals surface area contributed by atoms with Gasteiger partial charge in [-0.25, -0.2) is 0 Å². The van der Waals surface area contributed by atoms with Crippen LogP contribution in [0.5, 0.6) is 11.5 Å². The highest BCUT2D eigenvalue weighted by molar-refractivity contribution is 6.12. The van der Waals surface area contributed by atoms with Gasteiger partial charge in [0.1, 0.15) is 5.54 Å². The van der Waals surface area contributed by atoms with Crippen LogP contribution in [0, 0.1) is 16.0 Å². The molecule has 0 aliphatic carbocycles. The fourth-order valence-electron chi connectivity index (χ4n) is 6.97. The van der Waals surface area contributed by atoms with Crippen LogP contribution in [0.15, 0.2) is 66.7 Å². The van der Waals surface area contributed by atoms with Crippen LogP contribution >= 0.6 is 0 Å². The second kappa shape index (κ2) is 7.88. The van der Waals surface area contributed by atoms with Crippen LogP contribution in [0.25, 0.3) is 0 Å². The number of benzene rings is 3. The number of nitrogens with zero attached hydrogens (tertiary/aromatic N) is 2. The van der Waals surface area contributed by atoms with Crippen LogP contribution in [0.4, 0.5) is 11.4 Å². The Hall–Kier alpha value is -4.24. The Morgan fingerprint density at radius 2 is 1.89 bits per heavy atom. The number of rotatable bonds is 4. The first-order valence-electron chi connectivity index (χ1n) is 12.4. The lowest BCUT2D eigenvalue weighted by atomic mass is 9.68. The molecule has 0 bridgehead atoms. The first-order chi connectivity index (χ1) is 18.0. The molecule has 4 atom stereocenters. The molecule has 1 amide bonds. The summed E-state index contributed by atoms with van der Waals surface area (Å²) in [6.07, 6.45) is 1.66. The van der Waals surface area contributed by atoms with Crippen molar-refractivity contribution in [1.29, 1.82) is 0 Å². The van der Waals surface area contributed by atoms with Gasteiger partial charge in [0.15, 0.2) is 17.3 Å². The highest BCUT2D eigenvalue weighted by atomic mass is 16.7. The van der Waals surface area contributed by atoms with E-state index in [1.54, 1.807) is 30.3 Å². The summed E-state index contributed by atoms with van der Waals surface area (Å²) in [4.78, 5) is 42.0. The molecule has 7 rings (SSSR count). The zero-order chi connectivity index (χ0) is 25.3. The standard InChI is InChI=1S/C28H23N3O6/c32-26(17-10-11-22-23(14-17)37-15-36-22)25-24(16-5-3-6-18(13-16)31(34)35)21-9-4-12-30(21)28(25)19-7-1-2-8-20(19)29-27(28)33/h1-3,5-8,10-11,13-14,21,24-25H,4,9,12,15H2,(H,29,33)/t21-,24+,25-,28-/m0/s1. The van der Waals surface area contributed by atoms with Crippen molar-refractivity contribution in [2.75, 3.05) is 18.7 Å². The molecule has 0 unspecified atom stereocenters. The summed E-state index contributed by atoms with van der Waals surface area (Å²) in [5.41, 5.74) is 1.33. The summed E-state index contributed by atoms with van der Waals surface area (Å²) >= 11 is 0. The van der Waals surface area contributed by atoms with E-state index >= 15 is 0 Å². The summed E-state index contributed by atoms with van der Waals surface area (Å²) < 4.78 is 11.0. The number of carbonyl (C=O) groups is 2. The highest BCUT2D eigenvalue weighted by Gasteiger charge is 2.69. The number of para-hydroxylation sites is 1. The molecule has 0 aromatic heterocycles. The monoisotopic (exact) mass is 497 g/mol. The fourth-order valence-corrected chi connectivity index (χ4v) is 6.97. The molecule has 37 heavy (non-hydrogen) atoms. The van der Waals surface area contributed by atoms with Gasteiger partial charge in [-0.2, -0.15) is 0 Å². The molecular weight excluding hydrogens is 474 g/mol. The molecule has 1 N–H and O–H groups in total. The summed E-state index contributed by atoms with van der Waals surface area (Å²) in [5.74, 6) is -0.594. The van der Waals surface area contributed by atoms with Gasteiger partial charge in [-0.3, -0.25) is 24.6 Å². The van der Waals surface area contributed by atoms with E-state index in [2.05, 4.69) is 10.2 Å². The molecular formula is C28H23N3O6. The molecule has 0 saturated carbocycles. The molecule has 4 heterocycles. The van der Waals surface area contributed by atoms with Crippen LogP contribution in [-0.2, 0) is 10.3 Å². The maximum absolute atomic E-state index is 14.6. The van der Waals surface area contributed by atoms with Gasteiger partial charge in [-0.1, -0.05) is 30.3 Å².